The van der Waals surface area contributed by atoms with Crippen LogP contribution in [0.25, 0.3) is 0 Å². The van der Waals surface area contributed by atoms with Crippen LogP contribution in [-0.4, -0.2) is 42.7 Å². The van der Waals surface area contributed by atoms with E-state index in [-0.39, 0.29) is 5.91 Å². The Hall–Kier alpha value is -1.66. The van der Waals surface area contributed by atoms with E-state index in [9.17, 15) is 4.79 Å². The molecule has 0 aromatic carbocycles. The summed E-state index contributed by atoms with van der Waals surface area (Å²) in [5.74, 6) is 0.798. The summed E-state index contributed by atoms with van der Waals surface area (Å²) in [6.07, 6.45) is 3.33. The lowest BCUT2D eigenvalue weighted by molar-refractivity contribution is -0.126. The molecule has 1 aromatic rings. The maximum absolute atomic E-state index is 12.2. The summed E-state index contributed by atoms with van der Waals surface area (Å²) in [6, 6.07) is 3.88. The molecule has 1 amide bonds. The number of rotatable bonds is 6. The monoisotopic (exact) mass is 306 g/mol. The van der Waals surface area contributed by atoms with Gasteiger partial charge >= 0.3 is 0 Å². The number of aromatic nitrogens is 1. The Bertz CT molecular complexity index is 499. The van der Waals surface area contributed by atoms with Crippen molar-refractivity contribution >= 4 is 11.7 Å². The van der Waals surface area contributed by atoms with Crippen LogP contribution in [0.4, 0.5) is 5.82 Å². The van der Waals surface area contributed by atoms with Gasteiger partial charge in [-0.3, -0.25) is 4.79 Å². The van der Waals surface area contributed by atoms with E-state index in [4.69, 9.17) is 10.5 Å². The fourth-order valence-electron chi connectivity index (χ4n) is 2.64. The van der Waals surface area contributed by atoms with Gasteiger partial charge in [0.1, 0.15) is 5.82 Å². The van der Waals surface area contributed by atoms with E-state index in [1.807, 2.05) is 19.1 Å². The molecule has 0 bridgehead atoms. The molecule has 3 N–H and O–H groups in total. The minimum Gasteiger partial charge on any atom is -0.378 e. The Morgan fingerprint density at radius 3 is 2.91 bits per heavy atom. The summed E-state index contributed by atoms with van der Waals surface area (Å²) < 4.78 is 5.38. The predicted octanol–water partition coefficient (Wildman–Crippen LogP) is 1.05. The number of carbonyl (C=O) groups is 1. The van der Waals surface area contributed by atoms with Crippen LogP contribution in [-0.2, 0) is 16.1 Å². The number of hydrogen-bond donors (Lipinski definition) is 2. The van der Waals surface area contributed by atoms with Crippen LogP contribution in [0.1, 0.15) is 32.3 Å². The van der Waals surface area contributed by atoms with Gasteiger partial charge in [-0.1, -0.05) is 19.4 Å². The number of anilines is 1. The second-order valence-corrected chi connectivity index (χ2v) is 5.94. The highest BCUT2D eigenvalue weighted by molar-refractivity contribution is 5.85. The standard InChI is InChI=1S/C16H26N4O2/c1-3-6-16(2,17)15(21)19-12-13-5-4-7-18-14(13)20-8-10-22-11-9-20/h4-5,7H,3,6,8-12,17H2,1-2H3,(H,19,21). The Labute approximate surface area is 132 Å². The molecule has 0 aliphatic carbocycles. The number of pyridine rings is 1. The van der Waals surface area contributed by atoms with Gasteiger partial charge in [0.2, 0.25) is 5.91 Å². The van der Waals surface area contributed by atoms with Crippen LogP contribution in [0.5, 0.6) is 0 Å². The molecule has 2 heterocycles. The number of nitrogens with one attached hydrogen (secondary N) is 1. The molecule has 0 radical (unpaired) electrons. The SMILES string of the molecule is CCCC(C)(N)C(=O)NCc1cccnc1N1CCOCC1. The van der Waals surface area contributed by atoms with Gasteiger partial charge < -0.3 is 20.7 Å². The molecule has 1 unspecified atom stereocenters. The van der Waals surface area contributed by atoms with Gasteiger partial charge in [0.05, 0.1) is 18.8 Å². The number of hydrogen-bond acceptors (Lipinski definition) is 5. The molecule has 22 heavy (non-hydrogen) atoms. The van der Waals surface area contributed by atoms with Crippen molar-refractivity contribution in [1.29, 1.82) is 0 Å². The third kappa shape index (κ3) is 4.18. The Balaban J connectivity index is 2.02. The maximum atomic E-state index is 12.2. The Morgan fingerprint density at radius 2 is 2.23 bits per heavy atom. The van der Waals surface area contributed by atoms with Gasteiger partial charge in [-0.15, -0.1) is 0 Å². The van der Waals surface area contributed by atoms with E-state index in [1.165, 1.54) is 0 Å². The van der Waals surface area contributed by atoms with Gasteiger partial charge in [-0.05, 0) is 19.4 Å². The van der Waals surface area contributed by atoms with E-state index in [0.717, 1.165) is 30.9 Å². The van der Waals surface area contributed by atoms with Crippen molar-refractivity contribution in [3.63, 3.8) is 0 Å². The fraction of sp³-hybridized carbons (Fsp3) is 0.625. The smallest absolute Gasteiger partial charge is 0.240 e. The molecule has 1 fully saturated rings. The molecule has 6 nitrogen and oxygen atoms in total. The number of amides is 1. The zero-order valence-electron chi connectivity index (χ0n) is 13.5. The summed E-state index contributed by atoms with van der Waals surface area (Å²) in [6.45, 7) is 7.30. The highest BCUT2D eigenvalue weighted by Crippen LogP contribution is 2.18. The average Bonchev–Trinajstić information content (AvgIpc) is 2.53. The third-order valence-electron chi connectivity index (χ3n) is 3.91. The molecule has 1 aliphatic rings. The molecular formula is C16H26N4O2. The van der Waals surface area contributed by atoms with E-state index in [1.54, 1.807) is 13.1 Å². The quantitative estimate of drug-likeness (QED) is 0.821. The van der Waals surface area contributed by atoms with Crippen molar-refractivity contribution in [2.24, 2.45) is 5.73 Å². The van der Waals surface area contributed by atoms with Gasteiger partial charge in [-0.25, -0.2) is 4.98 Å². The van der Waals surface area contributed by atoms with E-state index in [0.29, 0.717) is 26.2 Å². The summed E-state index contributed by atoms with van der Waals surface area (Å²) in [5, 5.41) is 2.94. The molecule has 2 rings (SSSR count). The first-order valence-electron chi connectivity index (χ1n) is 7.88. The molecular weight excluding hydrogens is 280 g/mol. The van der Waals surface area contributed by atoms with Gasteiger partial charge in [0.25, 0.3) is 0 Å². The van der Waals surface area contributed by atoms with Gasteiger partial charge in [0, 0.05) is 31.4 Å². The zero-order valence-corrected chi connectivity index (χ0v) is 13.5. The van der Waals surface area contributed by atoms with Crippen molar-refractivity contribution in [2.75, 3.05) is 31.2 Å². The van der Waals surface area contributed by atoms with E-state index < -0.39 is 5.54 Å². The van der Waals surface area contributed by atoms with Crippen LogP contribution in [0.2, 0.25) is 0 Å². The minimum absolute atomic E-state index is 0.119. The van der Waals surface area contributed by atoms with Crippen molar-refractivity contribution in [1.82, 2.24) is 10.3 Å². The second-order valence-electron chi connectivity index (χ2n) is 5.94. The molecule has 0 spiro atoms. The maximum Gasteiger partial charge on any atom is 0.240 e. The van der Waals surface area contributed by atoms with Crippen molar-refractivity contribution in [2.45, 2.75) is 38.8 Å². The number of ether oxygens (including phenoxy) is 1. The van der Waals surface area contributed by atoms with Gasteiger partial charge in [-0.2, -0.15) is 0 Å². The average molecular weight is 306 g/mol. The van der Waals surface area contributed by atoms with Crippen molar-refractivity contribution < 1.29 is 9.53 Å². The van der Waals surface area contributed by atoms with E-state index >= 15 is 0 Å². The lowest BCUT2D eigenvalue weighted by Gasteiger charge is -2.29. The fourth-order valence-corrected chi connectivity index (χ4v) is 2.64. The third-order valence-corrected chi connectivity index (χ3v) is 3.91. The normalized spacial score (nSPS) is 17.9. The molecule has 1 aliphatic heterocycles. The van der Waals surface area contributed by atoms with Crippen LogP contribution in [0.3, 0.4) is 0 Å². The van der Waals surface area contributed by atoms with Crippen LogP contribution >= 0.6 is 0 Å². The molecule has 6 heteroatoms. The number of nitrogens with zero attached hydrogens (tertiary/aromatic N) is 2. The molecule has 0 saturated carbocycles. The first-order chi connectivity index (χ1) is 10.5. The molecule has 1 saturated heterocycles. The lowest BCUT2D eigenvalue weighted by atomic mass is 9.96. The zero-order chi connectivity index (χ0) is 16.0. The highest BCUT2D eigenvalue weighted by atomic mass is 16.5. The van der Waals surface area contributed by atoms with Gasteiger partial charge in [0.15, 0.2) is 0 Å². The first-order valence-corrected chi connectivity index (χ1v) is 7.88. The number of carbonyl (C=O) groups excluding carboxylic acids is 1. The number of morpholine rings is 1. The predicted molar refractivity (Wildman–Crippen MR) is 86.6 cm³/mol. The highest BCUT2D eigenvalue weighted by Gasteiger charge is 2.27. The van der Waals surface area contributed by atoms with Crippen LogP contribution in [0.15, 0.2) is 18.3 Å². The Kier molecular flexibility index (Phi) is 5.74. The second kappa shape index (κ2) is 7.56. The first kappa shape index (κ1) is 16.7. The topological polar surface area (TPSA) is 80.5 Å². The summed E-state index contributed by atoms with van der Waals surface area (Å²) in [4.78, 5) is 18.9. The molecule has 122 valence electrons. The molecule has 1 atom stereocenters. The van der Waals surface area contributed by atoms with Crippen molar-refractivity contribution in [3.8, 4) is 0 Å². The minimum atomic E-state index is -0.823. The Morgan fingerprint density at radius 1 is 1.50 bits per heavy atom. The summed E-state index contributed by atoms with van der Waals surface area (Å²) in [7, 11) is 0. The number of nitrogens with two attached hydrogens (primary N) is 1. The molecule has 1 aromatic heterocycles. The summed E-state index contributed by atoms with van der Waals surface area (Å²) in [5.41, 5.74) is 6.24. The van der Waals surface area contributed by atoms with E-state index in [2.05, 4.69) is 15.2 Å². The lowest BCUT2D eigenvalue weighted by Crippen LogP contribution is -2.51. The summed E-state index contributed by atoms with van der Waals surface area (Å²) >= 11 is 0. The largest absolute Gasteiger partial charge is 0.378 e. The van der Waals surface area contributed by atoms with Crippen LogP contribution in [0, 0.1) is 0 Å². The van der Waals surface area contributed by atoms with Crippen LogP contribution < -0.4 is 16.0 Å². The van der Waals surface area contributed by atoms with Crippen molar-refractivity contribution in [3.05, 3.63) is 23.9 Å².